The second-order valence-corrected chi connectivity index (χ2v) is 0. The van der Waals surface area contributed by atoms with Gasteiger partial charge in [0.1, 0.15) is 0 Å². The van der Waals surface area contributed by atoms with Crippen LogP contribution in [0.4, 0.5) is 0 Å². The van der Waals surface area contributed by atoms with Gasteiger partial charge in [0.25, 0.3) is 0 Å². The number of rotatable bonds is 0. The van der Waals surface area contributed by atoms with Gasteiger partial charge in [0, 0.05) is 0 Å². The molecular weight excluding hydrogens is 248 g/mol. The fourth-order valence-corrected chi connectivity index (χ4v) is 0. The normalized spacial score (nSPS) is 0. The summed E-state index contributed by atoms with van der Waals surface area (Å²) in [7, 11) is 0. The molecule has 24 valence electrons. The maximum atomic E-state index is 0. The molecule has 0 aliphatic carbocycles. The molecule has 0 bridgehead atoms. The largest absolute Gasteiger partial charge is 3.00 e. The van der Waals surface area contributed by atoms with Crippen LogP contribution in [0.25, 0.3) is 0 Å². The van der Waals surface area contributed by atoms with E-state index in [1.807, 2.05) is 0 Å². The van der Waals surface area contributed by atoms with E-state index in [0.717, 1.165) is 0 Å². The van der Waals surface area contributed by atoms with Crippen LogP contribution in [0.5, 0.6) is 0 Å². The zero-order valence-electron chi connectivity index (χ0n) is 2.21. The van der Waals surface area contributed by atoms with Crippen LogP contribution in [0.15, 0.2) is 0 Å². The summed E-state index contributed by atoms with van der Waals surface area (Å²) in [6.07, 6.45) is 0. The van der Waals surface area contributed by atoms with Crippen LogP contribution in [0, 0.1) is 0 Å². The van der Waals surface area contributed by atoms with Crippen molar-refractivity contribution in [2.45, 2.75) is 0 Å². The van der Waals surface area contributed by atoms with Gasteiger partial charge < -0.3 is 5.48 Å². The van der Waals surface area contributed by atoms with Gasteiger partial charge >= 0.3 is 70.7 Å². The first-order valence-electron chi connectivity index (χ1n) is 0. The van der Waals surface area contributed by atoms with E-state index < -0.39 is 0 Å². The second kappa shape index (κ2) is 35.4. The molecule has 0 saturated heterocycles. The molecule has 0 unspecified atom stereocenters. The smallest absolute Gasteiger partial charge is 2.00 e. The predicted octanol–water partition coefficient (Wildman–Crippen LogP) is -0.129. The summed E-state index contributed by atoms with van der Waals surface area (Å²) in [6.45, 7) is 0. The molecule has 0 aliphatic rings. The van der Waals surface area contributed by atoms with Gasteiger partial charge in [0.15, 0.2) is 0 Å². The maximum Gasteiger partial charge on any atom is 3.00 e. The maximum absolute atomic E-state index is 0. The Labute approximate surface area is 75.5 Å². The van der Waals surface area contributed by atoms with E-state index in [-0.39, 0.29) is 76.2 Å². The zero-order valence-corrected chi connectivity index (χ0v) is 8.60. The molecule has 0 aliphatic heterocycles. The topological polar surface area (TPSA) is 28.5 Å². The third-order valence-corrected chi connectivity index (χ3v) is 0. The van der Waals surface area contributed by atoms with Crippen molar-refractivity contribution in [1.82, 2.24) is 0 Å². The SMILES string of the molecule is [Co+2].[Cr+3].[Fe+2].[O-2].[Zn+2]. The molecule has 2 radical (unpaired) electrons. The summed E-state index contributed by atoms with van der Waals surface area (Å²) in [5, 5.41) is 0. The summed E-state index contributed by atoms with van der Waals surface area (Å²) >= 11 is 0. The van der Waals surface area contributed by atoms with E-state index in [0.29, 0.717) is 0 Å². The molecule has 0 N–H and O–H groups in total. The minimum Gasteiger partial charge on any atom is -2.00 e. The van der Waals surface area contributed by atoms with E-state index in [9.17, 15) is 0 Å². The minimum absolute atomic E-state index is 0. The van der Waals surface area contributed by atoms with Crippen LogP contribution in [0.2, 0.25) is 0 Å². The van der Waals surface area contributed by atoms with Crippen LogP contribution in [0.1, 0.15) is 0 Å². The van der Waals surface area contributed by atoms with Gasteiger partial charge in [-0.15, -0.1) is 0 Å². The van der Waals surface area contributed by atoms with Crippen molar-refractivity contribution in [3.63, 3.8) is 0 Å². The molecule has 1 nitrogen and oxygen atoms in total. The van der Waals surface area contributed by atoms with Gasteiger partial charge in [-0.05, 0) is 0 Å². The van der Waals surface area contributed by atoms with Gasteiger partial charge in [0.05, 0.1) is 0 Å². The van der Waals surface area contributed by atoms with Crippen LogP contribution in [-0.2, 0) is 76.2 Å². The van der Waals surface area contributed by atoms with E-state index in [4.69, 9.17) is 0 Å². The van der Waals surface area contributed by atoms with E-state index in [2.05, 4.69) is 0 Å². The standard InChI is InChI=1S/Co.Cr.Fe.O.Zn/q+2;+3;+2;-2;+2. The van der Waals surface area contributed by atoms with E-state index in [1.165, 1.54) is 0 Å². The Morgan fingerprint density at radius 1 is 1.00 bits per heavy atom. The summed E-state index contributed by atoms with van der Waals surface area (Å²) < 4.78 is 0. The summed E-state index contributed by atoms with van der Waals surface area (Å²) in [5.74, 6) is 0. The molecule has 0 aromatic heterocycles. The first-order chi connectivity index (χ1) is 0. The molecule has 5 heavy (non-hydrogen) atoms. The van der Waals surface area contributed by atoms with Crippen LogP contribution >= 0.6 is 0 Å². The Bertz CT molecular complexity index is 11.6. The summed E-state index contributed by atoms with van der Waals surface area (Å²) in [5.41, 5.74) is 0. The molecular formula is CoCrFeOZn+7. The summed E-state index contributed by atoms with van der Waals surface area (Å²) in [4.78, 5) is 0. The average molecular weight is 248 g/mol. The minimum atomic E-state index is 0. The molecule has 5 heteroatoms. The third-order valence-electron chi connectivity index (χ3n) is 0. The van der Waals surface area contributed by atoms with Crippen molar-refractivity contribution in [2.24, 2.45) is 0 Å². The molecule has 0 fully saturated rings. The van der Waals surface area contributed by atoms with Crippen molar-refractivity contribution >= 4 is 0 Å². The molecule has 0 atom stereocenters. The molecule has 0 aromatic rings. The Morgan fingerprint density at radius 2 is 1.00 bits per heavy atom. The van der Waals surface area contributed by atoms with Gasteiger partial charge in [-0.1, -0.05) is 0 Å². The van der Waals surface area contributed by atoms with E-state index in [1.54, 1.807) is 0 Å². The van der Waals surface area contributed by atoms with Crippen molar-refractivity contribution in [3.05, 3.63) is 0 Å². The van der Waals surface area contributed by atoms with Gasteiger partial charge in [-0.25, -0.2) is 0 Å². The van der Waals surface area contributed by atoms with Crippen molar-refractivity contribution in [1.29, 1.82) is 0 Å². The Balaban J connectivity index is 0. The zero-order chi connectivity index (χ0) is 0. The second-order valence-electron chi connectivity index (χ2n) is 0. The van der Waals surface area contributed by atoms with Gasteiger partial charge in [-0.2, -0.15) is 0 Å². The monoisotopic (exact) mass is 247 g/mol. The summed E-state index contributed by atoms with van der Waals surface area (Å²) in [6, 6.07) is 0. The van der Waals surface area contributed by atoms with E-state index >= 15 is 0 Å². The van der Waals surface area contributed by atoms with Gasteiger partial charge in [-0.3, -0.25) is 0 Å². The third kappa shape index (κ3) is 23.0. The number of hydrogen-bond acceptors (Lipinski definition) is 0. The predicted molar refractivity (Wildman–Crippen MR) is 0.686 cm³/mol. The van der Waals surface area contributed by atoms with Crippen LogP contribution in [-0.4, -0.2) is 0 Å². The molecule has 0 rings (SSSR count). The molecule has 0 aromatic carbocycles. The van der Waals surface area contributed by atoms with Crippen molar-refractivity contribution < 1.29 is 76.2 Å². The fraction of sp³-hybridized carbons (Fsp3) is 0. The molecule has 0 saturated carbocycles. The molecule has 0 spiro atoms. The Kier molecular flexibility index (Phi) is 416. The van der Waals surface area contributed by atoms with Gasteiger partial charge in [0.2, 0.25) is 0 Å². The number of hydrogen-bond donors (Lipinski definition) is 0. The molecule has 0 heterocycles. The first-order valence-corrected chi connectivity index (χ1v) is 0. The van der Waals surface area contributed by atoms with Crippen LogP contribution < -0.4 is 0 Å². The van der Waals surface area contributed by atoms with Crippen LogP contribution in [0.3, 0.4) is 0 Å². The Hall–Kier alpha value is 2.14. The average Bonchev–Trinajstić information content (AvgIpc) is 0. The fourth-order valence-electron chi connectivity index (χ4n) is 0. The quantitative estimate of drug-likeness (QED) is 0.534. The van der Waals surface area contributed by atoms with Crippen molar-refractivity contribution in [3.8, 4) is 0 Å². The van der Waals surface area contributed by atoms with Crippen molar-refractivity contribution in [2.75, 3.05) is 0 Å². The first kappa shape index (κ1) is 58.7. The molecule has 0 amide bonds. The Morgan fingerprint density at radius 3 is 1.00 bits per heavy atom.